The molecule has 0 atom stereocenters. The van der Waals surface area contributed by atoms with Crippen molar-refractivity contribution in [3.05, 3.63) is 48.5 Å². The second-order valence-electron chi connectivity index (χ2n) is 9.15. The first kappa shape index (κ1) is 18.2. The average molecular weight is 400 g/mol. The lowest BCUT2D eigenvalue weighted by molar-refractivity contribution is 0.107. The van der Waals surface area contributed by atoms with E-state index in [9.17, 15) is 5.11 Å². The number of benzene rings is 2. The number of anilines is 1. The van der Waals surface area contributed by atoms with Crippen LogP contribution in [0.25, 0.3) is 32.8 Å². The molecule has 1 aliphatic heterocycles. The van der Waals surface area contributed by atoms with E-state index in [0.717, 1.165) is 55.8 Å². The standard InChI is InChI=1S/C26H29N3O/c30-19-12-10-18(11-13-19)14-17-28-15-5-16-29-23-9-4-2-7-21(23)24-26(29)25(28)20-6-1-3-8-22(20)27-24/h1-4,6-9,18-19,30H,5,10-17H2. The fourth-order valence-electron chi connectivity index (χ4n) is 5.74. The number of pyridine rings is 1. The monoisotopic (exact) mass is 399 g/mol. The molecule has 6 rings (SSSR count). The number of nitrogens with zero attached hydrogens (tertiary/aromatic N) is 3. The summed E-state index contributed by atoms with van der Waals surface area (Å²) in [7, 11) is 0. The molecule has 2 aromatic carbocycles. The van der Waals surface area contributed by atoms with E-state index in [0.29, 0.717) is 0 Å². The van der Waals surface area contributed by atoms with Crippen LogP contribution < -0.4 is 4.90 Å². The number of fused-ring (bicyclic) bond motifs is 5. The summed E-state index contributed by atoms with van der Waals surface area (Å²) in [5, 5.41) is 12.4. The summed E-state index contributed by atoms with van der Waals surface area (Å²) < 4.78 is 2.51. The number of aryl methyl sites for hydroxylation is 1. The van der Waals surface area contributed by atoms with Gasteiger partial charge in [-0.05, 0) is 56.6 Å². The van der Waals surface area contributed by atoms with E-state index >= 15 is 0 Å². The van der Waals surface area contributed by atoms with Crippen LogP contribution in [0.1, 0.15) is 38.5 Å². The van der Waals surface area contributed by atoms with Crippen LogP contribution in [0.15, 0.2) is 48.5 Å². The molecular weight excluding hydrogens is 370 g/mol. The Bertz CT molecular complexity index is 1220. The second-order valence-corrected chi connectivity index (χ2v) is 9.15. The average Bonchev–Trinajstić information content (AvgIpc) is 2.96. The van der Waals surface area contributed by atoms with Gasteiger partial charge in [-0.3, -0.25) is 0 Å². The Hall–Kier alpha value is -2.59. The Labute approximate surface area is 177 Å². The Morgan fingerprint density at radius 3 is 2.53 bits per heavy atom. The molecular formula is C26H29N3O. The molecule has 2 aliphatic rings. The molecule has 4 heteroatoms. The van der Waals surface area contributed by atoms with Crippen LogP contribution in [0.4, 0.5) is 5.69 Å². The van der Waals surface area contributed by atoms with Gasteiger partial charge in [0.2, 0.25) is 0 Å². The molecule has 0 radical (unpaired) electrons. The van der Waals surface area contributed by atoms with Crippen LogP contribution in [0.5, 0.6) is 0 Å². The number of aromatic nitrogens is 2. The molecule has 1 N–H and O–H groups in total. The van der Waals surface area contributed by atoms with Crippen molar-refractivity contribution in [3.63, 3.8) is 0 Å². The van der Waals surface area contributed by atoms with Crippen LogP contribution in [0.3, 0.4) is 0 Å². The molecule has 1 saturated carbocycles. The maximum absolute atomic E-state index is 9.86. The van der Waals surface area contributed by atoms with Crippen LogP contribution in [-0.4, -0.2) is 33.9 Å². The lowest BCUT2D eigenvalue weighted by atomic mass is 9.85. The van der Waals surface area contributed by atoms with Crippen LogP contribution >= 0.6 is 0 Å². The summed E-state index contributed by atoms with van der Waals surface area (Å²) in [4.78, 5) is 7.77. The van der Waals surface area contributed by atoms with Gasteiger partial charge in [0.25, 0.3) is 0 Å². The maximum Gasteiger partial charge on any atom is 0.0988 e. The predicted molar refractivity (Wildman–Crippen MR) is 124 cm³/mol. The summed E-state index contributed by atoms with van der Waals surface area (Å²) >= 11 is 0. The van der Waals surface area contributed by atoms with Crippen molar-refractivity contribution < 1.29 is 5.11 Å². The van der Waals surface area contributed by atoms with E-state index < -0.39 is 0 Å². The topological polar surface area (TPSA) is 41.3 Å². The van der Waals surface area contributed by atoms with Crippen LogP contribution in [0, 0.1) is 5.92 Å². The zero-order chi connectivity index (χ0) is 20.1. The number of aliphatic hydroxyl groups is 1. The number of hydrogen-bond acceptors (Lipinski definition) is 3. The SMILES string of the molecule is OC1CCC(CCN2CCCn3c4ccccc4c4nc5ccccc5c2c43)CC1. The Kier molecular flexibility index (Phi) is 4.41. The molecule has 154 valence electrons. The zero-order valence-corrected chi connectivity index (χ0v) is 17.4. The van der Waals surface area contributed by atoms with Crippen molar-refractivity contribution in [2.45, 2.75) is 51.2 Å². The smallest absolute Gasteiger partial charge is 0.0988 e. The van der Waals surface area contributed by atoms with Gasteiger partial charge in [0.05, 0.1) is 33.9 Å². The minimum atomic E-state index is -0.0705. The third-order valence-electron chi connectivity index (χ3n) is 7.31. The Morgan fingerprint density at radius 1 is 0.900 bits per heavy atom. The summed E-state index contributed by atoms with van der Waals surface area (Å²) in [6.07, 6.45) is 6.58. The Balaban J connectivity index is 1.50. The van der Waals surface area contributed by atoms with Gasteiger partial charge >= 0.3 is 0 Å². The number of hydrogen-bond donors (Lipinski definition) is 1. The summed E-state index contributed by atoms with van der Waals surface area (Å²) in [6.45, 7) is 3.23. The molecule has 0 unspecified atom stereocenters. The fourth-order valence-corrected chi connectivity index (χ4v) is 5.74. The van der Waals surface area contributed by atoms with E-state index in [-0.39, 0.29) is 6.10 Å². The van der Waals surface area contributed by atoms with Gasteiger partial charge in [-0.25, -0.2) is 4.98 Å². The van der Waals surface area contributed by atoms with Gasteiger partial charge in [-0.2, -0.15) is 0 Å². The van der Waals surface area contributed by atoms with Crippen molar-refractivity contribution in [1.29, 1.82) is 0 Å². The number of para-hydroxylation sites is 2. The first-order valence-electron chi connectivity index (χ1n) is 11.5. The third-order valence-corrected chi connectivity index (χ3v) is 7.31. The molecule has 2 aromatic heterocycles. The van der Waals surface area contributed by atoms with Gasteiger partial charge in [0, 0.05) is 30.4 Å². The molecule has 30 heavy (non-hydrogen) atoms. The van der Waals surface area contributed by atoms with Crippen LogP contribution in [0.2, 0.25) is 0 Å². The molecule has 1 aliphatic carbocycles. The molecule has 0 spiro atoms. The molecule has 3 heterocycles. The third kappa shape index (κ3) is 2.89. The highest BCUT2D eigenvalue weighted by molar-refractivity contribution is 6.16. The fraction of sp³-hybridized carbons (Fsp3) is 0.423. The van der Waals surface area contributed by atoms with Crippen molar-refractivity contribution in [2.75, 3.05) is 18.0 Å². The van der Waals surface area contributed by atoms with Gasteiger partial charge in [-0.1, -0.05) is 36.4 Å². The second kappa shape index (κ2) is 7.28. The first-order valence-corrected chi connectivity index (χ1v) is 11.5. The minimum Gasteiger partial charge on any atom is -0.393 e. The van der Waals surface area contributed by atoms with Crippen molar-refractivity contribution in [1.82, 2.24) is 9.55 Å². The van der Waals surface area contributed by atoms with Crippen molar-refractivity contribution >= 4 is 38.5 Å². The van der Waals surface area contributed by atoms with Gasteiger partial charge in [0.15, 0.2) is 0 Å². The van der Waals surface area contributed by atoms with Gasteiger partial charge < -0.3 is 14.6 Å². The molecule has 4 aromatic rings. The Morgan fingerprint density at radius 2 is 1.67 bits per heavy atom. The lowest BCUT2D eigenvalue weighted by Crippen LogP contribution is -2.28. The summed E-state index contributed by atoms with van der Waals surface area (Å²) in [6, 6.07) is 17.4. The van der Waals surface area contributed by atoms with Crippen molar-refractivity contribution in [3.8, 4) is 0 Å². The summed E-state index contributed by atoms with van der Waals surface area (Å²) in [5.41, 5.74) is 6.23. The van der Waals surface area contributed by atoms with E-state index in [2.05, 4.69) is 58.0 Å². The minimum absolute atomic E-state index is 0.0705. The normalized spacial score (nSPS) is 22.1. The van der Waals surface area contributed by atoms with Gasteiger partial charge in [0.1, 0.15) is 0 Å². The van der Waals surface area contributed by atoms with E-state index in [1.54, 1.807) is 0 Å². The van der Waals surface area contributed by atoms with E-state index in [1.165, 1.54) is 46.8 Å². The molecule has 4 nitrogen and oxygen atoms in total. The number of rotatable bonds is 3. The van der Waals surface area contributed by atoms with E-state index in [1.807, 2.05) is 0 Å². The lowest BCUT2D eigenvalue weighted by Gasteiger charge is -2.30. The molecule has 0 amide bonds. The largest absolute Gasteiger partial charge is 0.393 e. The van der Waals surface area contributed by atoms with Crippen molar-refractivity contribution in [2.24, 2.45) is 5.92 Å². The highest BCUT2D eigenvalue weighted by Crippen LogP contribution is 2.41. The first-order chi connectivity index (χ1) is 14.8. The van der Waals surface area contributed by atoms with Gasteiger partial charge in [-0.15, -0.1) is 0 Å². The zero-order valence-electron chi connectivity index (χ0n) is 17.4. The molecule has 0 bridgehead atoms. The number of aliphatic hydroxyl groups excluding tert-OH is 1. The maximum atomic E-state index is 9.86. The summed E-state index contributed by atoms with van der Waals surface area (Å²) in [5.74, 6) is 0.742. The van der Waals surface area contributed by atoms with E-state index in [4.69, 9.17) is 4.98 Å². The quantitative estimate of drug-likeness (QED) is 0.495. The molecule has 1 fully saturated rings. The predicted octanol–water partition coefficient (Wildman–Crippen LogP) is 5.49. The van der Waals surface area contributed by atoms with Crippen LogP contribution in [-0.2, 0) is 6.54 Å². The highest BCUT2D eigenvalue weighted by atomic mass is 16.3. The molecule has 0 saturated heterocycles. The highest BCUT2D eigenvalue weighted by Gasteiger charge is 2.26.